The monoisotopic (exact) mass is 234 g/mol. The second kappa shape index (κ2) is 4.45. The van der Waals surface area contributed by atoms with Crippen molar-refractivity contribution in [3.8, 4) is 0 Å². The predicted molar refractivity (Wildman–Crippen MR) is 78.4 cm³/mol. The van der Waals surface area contributed by atoms with Gasteiger partial charge in [-0.3, -0.25) is 0 Å². The minimum atomic E-state index is 1.09. The molecule has 0 N–H and O–H groups in total. The van der Waals surface area contributed by atoms with Crippen LogP contribution < -0.4 is 0 Å². The summed E-state index contributed by atoms with van der Waals surface area (Å²) >= 11 is 0. The Hall–Kier alpha value is -1.82. The highest BCUT2D eigenvalue weighted by molar-refractivity contribution is 5.97. The Morgan fingerprint density at radius 1 is 0.944 bits per heavy atom. The van der Waals surface area contributed by atoms with Crippen LogP contribution >= 0.6 is 0 Å². The van der Waals surface area contributed by atoms with Gasteiger partial charge in [-0.15, -0.1) is 0 Å². The fourth-order valence-electron chi connectivity index (χ4n) is 3.06. The van der Waals surface area contributed by atoms with Gasteiger partial charge in [0.25, 0.3) is 0 Å². The second-order valence-electron chi connectivity index (χ2n) is 4.96. The summed E-state index contributed by atoms with van der Waals surface area (Å²) in [4.78, 5) is 0. The quantitative estimate of drug-likeness (QED) is 0.695. The number of aryl methyl sites for hydroxylation is 1. The number of benzene rings is 2. The van der Waals surface area contributed by atoms with E-state index in [4.69, 9.17) is 0 Å². The van der Waals surface area contributed by atoms with Crippen molar-refractivity contribution in [2.24, 2.45) is 0 Å². The third-order valence-electron chi connectivity index (χ3n) is 3.87. The Bertz CT molecular complexity index is 603. The molecule has 0 aromatic heterocycles. The maximum atomic E-state index is 2.27. The molecule has 0 spiro atoms. The van der Waals surface area contributed by atoms with Crippen LogP contribution in [0.25, 0.3) is 11.1 Å². The molecule has 0 heterocycles. The summed E-state index contributed by atoms with van der Waals surface area (Å²) in [6, 6.07) is 17.5. The molecule has 1 aliphatic rings. The average Bonchev–Trinajstić information content (AvgIpc) is 2.79. The van der Waals surface area contributed by atoms with E-state index < -0.39 is 0 Å². The first-order valence-corrected chi connectivity index (χ1v) is 6.67. The highest BCUT2D eigenvalue weighted by atomic mass is 14.3. The van der Waals surface area contributed by atoms with E-state index in [2.05, 4.69) is 62.4 Å². The first-order chi connectivity index (χ1) is 8.81. The molecule has 0 fully saturated rings. The van der Waals surface area contributed by atoms with Crippen LogP contribution in [-0.2, 0) is 6.42 Å². The van der Waals surface area contributed by atoms with Gasteiger partial charge in [0.1, 0.15) is 0 Å². The van der Waals surface area contributed by atoms with Crippen LogP contribution in [0.1, 0.15) is 35.6 Å². The van der Waals surface area contributed by atoms with Gasteiger partial charge < -0.3 is 0 Å². The van der Waals surface area contributed by atoms with Crippen molar-refractivity contribution in [2.75, 3.05) is 0 Å². The molecule has 0 saturated heterocycles. The summed E-state index contributed by atoms with van der Waals surface area (Å²) in [5.41, 5.74) is 8.83. The Kier molecular flexibility index (Phi) is 2.79. The molecule has 2 aromatic carbocycles. The first kappa shape index (κ1) is 11.3. The van der Waals surface area contributed by atoms with Gasteiger partial charge in [-0.2, -0.15) is 0 Å². The van der Waals surface area contributed by atoms with Crippen LogP contribution in [0, 0.1) is 6.92 Å². The van der Waals surface area contributed by atoms with Gasteiger partial charge in [0.15, 0.2) is 0 Å². The lowest BCUT2D eigenvalue weighted by atomic mass is 9.96. The largest absolute Gasteiger partial charge is 0.0622 e. The Morgan fingerprint density at radius 2 is 1.72 bits per heavy atom. The smallest absolute Gasteiger partial charge is 0.00107 e. The zero-order valence-corrected chi connectivity index (χ0v) is 11.0. The lowest BCUT2D eigenvalue weighted by Gasteiger charge is -2.08. The minimum absolute atomic E-state index is 1.09. The molecule has 0 heteroatoms. The molecule has 0 atom stereocenters. The molecule has 0 amide bonds. The summed E-state index contributed by atoms with van der Waals surface area (Å²) in [7, 11) is 0. The molecule has 0 nitrogen and oxygen atoms in total. The molecule has 0 saturated carbocycles. The van der Waals surface area contributed by atoms with Crippen LogP contribution in [-0.4, -0.2) is 0 Å². The van der Waals surface area contributed by atoms with E-state index in [1.165, 1.54) is 33.4 Å². The van der Waals surface area contributed by atoms with Gasteiger partial charge in [-0.1, -0.05) is 55.5 Å². The molecule has 1 aliphatic carbocycles. The lowest BCUT2D eigenvalue weighted by molar-refractivity contribution is 1.23. The van der Waals surface area contributed by atoms with E-state index in [1.807, 2.05) is 0 Å². The Balaban J connectivity index is 2.18. The normalized spacial score (nSPS) is 13.9. The van der Waals surface area contributed by atoms with E-state index in [0.29, 0.717) is 0 Å². The van der Waals surface area contributed by atoms with Crippen LogP contribution in [0.15, 0.2) is 48.5 Å². The van der Waals surface area contributed by atoms with Crippen LogP contribution in [0.5, 0.6) is 0 Å². The van der Waals surface area contributed by atoms with Crippen molar-refractivity contribution in [3.05, 3.63) is 70.8 Å². The Morgan fingerprint density at radius 3 is 2.44 bits per heavy atom. The molecule has 0 aliphatic heterocycles. The SMILES string of the molecule is CCC1=C(c2ccccc2)Cc2cccc(C)c21. The summed E-state index contributed by atoms with van der Waals surface area (Å²) < 4.78 is 0. The van der Waals surface area contributed by atoms with E-state index >= 15 is 0 Å². The standard InChI is InChI=1S/C18H18/c1-3-16-17(14-9-5-4-6-10-14)12-15-11-7-8-13(2)18(15)16/h4-11H,3,12H2,1-2H3. The summed E-state index contributed by atoms with van der Waals surface area (Å²) in [5.74, 6) is 0. The van der Waals surface area contributed by atoms with Gasteiger partial charge in [0.2, 0.25) is 0 Å². The van der Waals surface area contributed by atoms with E-state index in [0.717, 1.165) is 12.8 Å². The van der Waals surface area contributed by atoms with Crippen molar-refractivity contribution in [1.82, 2.24) is 0 Å². The molecular weight excluding hydrogens is 216 g/mol. The predicted octanol–water partition coefficient (Wildman–Crippen LogP) is 4.87. The molecule has 0 bridgehead atoms. The second-order valence-corrected chi connectivity index (χ2v) is 4.96. The van der Waals surface area contributed by atoms with Crippen molar-refractivity contribution < 1.29 is 0 Å². The van der Waals surface area contributed by atoms with E-state index in [9.17, 15) is 0 Å². The van der Waals surface area contributed by atoms with E-state index in [1.54, 1.807) is 0 Å². The van der Waals surface area contributed by atoms with Gasteiger partial charge in [0.05, 0.1) is 0 Å². The maximum Gasteiger partial charge on any atom is -0.00107 e. The van der Waals surface area contributed by atoms with Gasteiger partial charge in [0, 0.05) is 0 Å². The fraction of sp³-hybridized carbons (Fsp3) is 0.222. The number of hydrogen-bond donors (Lipinski definition) is 0. The highest BCUT2D eigenvalue weighted by Crippen LogP contribution is 2.41. The first-order valence-electron chi connectivity index (χ1n) is 6.67. The van der Waals surface area contributed by atoms with Crippen molar-refractivity contribution in [2.45, 2.75) is 26.7 Å². The number of fused-ring (bicyclic) bond motifs is 1. The Labute approximate surface area is 109 Å². The third kappa shape index (κ3) is 1.69. The summed E-state index contributed by atoms with van der Waals surface area (Å²) in [6.45, 7) is 4.49. The van der Waals surface area contributed by atoms with Gasteiger partial charge in [-0.25, -0.2) is 0 Å². The maximum absolute atomic E-state index is 2.27. The van der Waals surface area contributed by atoms with E-state index in [-0.39, 0.29) is 0 Å². The summed E-state index contributed by atoms with van der Waals surface area (Å²) in [5, 5.41) is 0. The van der Waals surface area contributed by atoms with Crippen LogP contribution in [0.3, 0.4) is 0 Å². The average molecular weight is 234 g/mol. The number of allylic oxidation sites excluding steroid dienone is 2. The fourth-order valence-corrected chi connectivity index (χ4v) is 3.06. The molecular formula is C18H18. The molecule has 2 aromatic rings. The van der Waals surface area contributed by atoms with Gasteiger partial charge in [-0.05, 0) is 53.2 Å². The van der Waals surface area contributed by atoms with Crippen molar-refractivity contribution in [3.63, 3.8) is 0 Å². The van der Waals surface area contributed by atoms with Crippen molar-refractivity contribution >= 4 is 11.1 Å². The van der Waals surface area contributed by atoms with Crippen LogP contribution in [0.4, 0.5) is 0 Å². The molecule has 90 valence electrons. The minimum Gasteiger partial charge on any atom is -0.0622 e. The third-order valence-corrected chi connectivity index (χ3v) is 3.87. The number of hydrogen-bond acceptors (Lipinski definition) is 0. The molecule has 0 unspecified atom stereocenters. The molecule has 0 radical (unpaired) electrons. The highest BCUT2D eigenvalue weighted by Gasteiger charge is 2.22. The zero-order chi connectivity index (χ0) is 12.5. The summed E-state index contributed by atoms with van der Waals surface area (Å²) in [6.07, 6.45) is 2.20. The zero-order valence-electron chi connectivity index (χ0n) is 11.0. The van der Waals surface area contributed by atoms with Crippen LogP contribution in [0.2, 0.25) is 0 Å². The molecule has 3 rings (SSSR count). The van der Waals surface area contributed by atoms with Gasteiger partial charge >= 0.3 is 0 Å². The molecule has 18 heavy (non-hydrogen) atoms. The number of rotatable bonds is 2. The topological polar surface area (TPSA) is 0 Å². The lowest BCUT2D eigenvalue weighted by Crippen LogP contribution is -1.87. The van der Waals surface area contributed by atoms with Crippen molar-refractivity contribution in [1.29, 1.82) is 0 Å².